The number of halogens is 3. The second-order valence-electron chi connectivity index (χ2n) is 8.25. The Labute approximate surface area is 183 Å². The minimum absolute atomic E-state index is 0.0841. The van der Waals surface area contributed by atoms with Crippen LogP contribution in [0.3, 0.4) is 0 Å². The van der Waals surface area contributed by atoms with E-state index in [0.29, 0.717) is 5.56 Å². The Bertz CT molecular complexity index is 1070. The molecular formula is C24H23F3N2O3. The van der Waals surface area contributed by atoms with Crippen molar-refractivity contribution in [3.05, 3.63) is 89.9 Å². The third-order valence-electron chi connectivity index (χ3n) is 4.52. The zero-order valence-corrected chi connectivity index (χ0v) is 17.8. The number of carbonyl (C=O) groups excluding carboxylic acids is 2. The molecule has 1 N–H and O–H groups in total. The molecule has 3 aromatic rings. The van der Waals surface area contributed by atoms with E-state index >= 15 is 0 Å². The van der Waals surface area contributed by atoms with Gasteiger partial charge in [-0.1, -0.05) is 36.4 Å². The number of hydrogen-bond donors (Lipinski definition) is 1. The van der Waals surface area contributed by atoms with Gasteiger partial charge in [-0.2, -0.15) is 13.2 Å². The van der Waals surface area contributed by atoms with Gasteiger partial charge in [0.25, 0.3) is 5.91 Å². The number of nitrogens with one attached hydrogen (secondary N) is 1. The van der Waals surface area contributed by atoms with Crippen LogP contribution in [0.2, 0.25) is 0 Å². The van der Waals surface area contributed by atoms with Gasteiger partial charge in [-0.3, -0.25) is 14.5 Å². The van der Waals surface area contributed by atoms with Crippen molar-refractivity contribution in [2.24, 2.45) is 0 Å². The van der Waals surface area contributed by atoms with Crippen molar-refractivity contribution >= 4 is 17.5 Å². The Kier molecular flexibility index (Phi) is 6.43. The van der Waals surface area contributed by atoms with E-state index in [-0.39, 0.29) is 11.4 Å². The third kappa shape index (κ3) is 5.38. The second kappa shape index (κ2) is 8.90. The molecule has 0 aliphatic carbocycles. The highest BCUT2D eigenvalue weighted by molar-refractivity contribution is 6.08. The molecule has 32 heavy (non-hydrogen) atoms. The Balaban J connectivity index is 2.21. The van der Waals surface area contributed by atoms with Crippen LogP contribution >= 0.6 is 0 Å². The first kappa shape index (κ1) is 23.1. The quantitative estimate of drug-likeness (QED) is 0.557. The fourth-order valence-electron chi connectivity index (χ4n) is 3.23. The number of hydrogen-bond acceptors (Lipinski definition) is 3. The van der Waals surface area contributed by atoms with Crippen LogP contribution in [-0.4, -0.2) is 17.4 Å². The summed E-state index contributed by atoms with van der Waals surface area (Å²) in [5.41, 5.74) is -1.22. The lowest BCUT2D eigenvalue weighted by Crippen LogP contribution is -2.49. The van der Waals surface area contributed by atoms with E-state index in [4.69, 9.17) is 4.42 Å². The first-order valence-electron chi connectivity index (χ1n) is 9.89. The molecule has 8 heteroatoms. The van der Waals surface area contributed by atoms with Crippen molar-refractivity contribution in [1.29, 1.82) is 0 Å². The summed E-state index contributed by atoms with van der Waals surface area (Å²) in [6.07, 6.45) is -3.34. The SMILES string of the molecule is CC(C)(C)NC(=O)[C@@H](c1ccccc1)N(C(=O)c1ccco1)c1cccc(C(F)(F)F)c1. The zero-order chi connectivity index (χ0) is 23.5. The monoisotopic (exact) mass is 444 g/mol. The van der Waals surface area contributed by atoms with Crippen LogP contribution in [0.4, 0.5) is 18.9 Å². The third-order valence-corrected chi connectivity index (χ3v) is 4.52. The molecule has 0 radical (unpaired) electrons. The van der Waals surface area contributed by atoms with Gasteiger partial charge < -0.3 is 9.73 Å². The molecule has 1 heterocycles. The molecule has 0 saturated heterocycles. The molecule has 5 nitrogen and oxygen atoms in total. The van der Waals surface area contributed by atoms with Crippen LogP contribution in [0.15, 0.2) is 77.4 Å². The van der Waals surface area contributed by atoms with Crippen LogP contribution in [0.5, 0.6) is 0 Å². The first-order valence-corrected chi connectivity index (χ1v) is 9.89. The Morgan fingerprint density at radius 3 is 2.19 bits per heavy atom. The summed E-state index contributed by atoms with van der Waals surface area (Å²) in [5.74, 6) is -1.39. The highest BCUT2D eigenvalue weighted by atomic mass is 19.4. The summed E-state index contributed by atoms with van der Waals surface area (Å²) < 4.78 is 45.4. The maximum Gasteiger partial charge on any atom is 0.416 e. The molecule has 2 aromatic carbocycles. The number of amides is 2. The summed E-state index contributed by atoms with van der Waals surface area (Å²) in [4.78, 5) is 27.8. The number of carbonyl (C=O) groups is 2. The first-order chi connectivity index (χ1) is 15.0. The number of anilines is 1. The average molecular weight is 444 g/mol. The van der Waals surface area contributed by atoms with E-state index in [1.165, 1.54) is 30.5 Å². The summed E-state index contributed by atoms with van der Waals surface area (Å²) in [5, 5.41) is 2.83. The van der Waals surface area contributed by atoms with Gasteiger partial charge in [0.15, 0.2) is 5.76 Å². The fraction of sp³-hybridized carbons (Fsp3) is 0.250. The van der Waals surface area contributed by atoms with E-state index in [9.17, 15) is 22.8 Å². The number of furan rings is 1. The van der Waals surface area contributed by atoms with E-state index in [0.717, 1.165) is 17.0 Å². The normalized spacial score (nSPS) is 12.8. The minimum Gasteiger partial charge on any atom is -0.459 e. The maximum atomic E-state index is 13.4. The van der Waals surface area contributed by atoms with Crippen LogP contribution in [-0.2, 0) is 11.0 Å². The molecule has 0 spiro atoms. The fourth-order valence-corrected chi connectivity index (χ4v) is 3.23. The van der Waals surface area contributed by atoms with Crippen LogP contribution in [0, 0.1) is 0 Å². The number of rotatable bonds is 5. The zero-order valence-electron chi connectivity index (χ0n) is 17.8. The van der Waals surface area contributed by atoms with Gasteiger partial charge in [-0.05, 0) is 56.7 Å². The van der Waals surface area contributed by atoms with Crippen LogP contribution in [0.25, 0.3) is 0 Å². The van der Waals surface area contributed by atoms with Crippen molar-refractivity contribution in [3.8, 4) is 0 Å². The molecule has 0 aliphatic heterocycles. The Morgan fingerprint density at radius 1 is 0.938 bits per heavy atom. The molecule has 0 fully saturated rings. The summed E-state index contributed by atoms with van der Waals surface area (Å²) in [6, 6.07) is 14.4. The van der Waals surface area contributed by atoms with Crippen molar-refractivity contribution in [3.63, 3.8) is 0 Å². The lowest BCUT2D eigenvalue weighted by molar-refractivity contribution is -0.137. The van der Waals surface area contributed by atoms with Gasteiger partial charge in [-0.25, -0.2) is 0 Å². The highest BCUT2D eigenvalue weighted by Gasteiger charge is 2.37. The molecular weight excluding hydrogens is 421 g/mol. The maximum absolute atomic E-state index is 13.4. The molecule has 2 amide bonds. The molecule has 1 atom stereocenters. The van der Waals surface area contributed by atoms with Gasteiger partial charge in [-0.15, -0.1) is 0 Å². The molecule has 1 aromatic heterocycles. The van der Waals surface area contributed by atoms with E-state index in [1.807, 2.05) is 0 Å². The van der Waals surface area contributed by atoms with E-state index in [2.05, 4.69) is 5.32 Å². The van der Waals surface area contributed by atoms with Crippen molar-refractivity contribution in [2.75, 3.05) is 4.90 Å². The van der Waals surface area contributed by atoms with Crippen LogP contribution < -0.4 is 10.2 Å². The van der Waals surface area contributed by atoms with Crippen molar-refractivity contribution in [1.82, 2.24) is 5.32 Å². The van der Waals surface area contributed by atoms with Gasteiger partial charge in [0.1, 0.15) is 6.04 Å². The standard InChI is InChI=1S/C24H23F3N2O3/c1-23(2,3)28-21(30)20(16-9-5-4-6-10-16)29(22(31)19-13-8-14-32-19)18-12-7-11-17(15-18)24(25,26)27/h4-15,20H,1-3H3,(H,28,30)/t20-/m1/s1. The average Bonchev–Trinajstić information content (AvgIpc) is 3.25. The van der Waals surface area contributed by atoms with Crippen LogP contribution in [0.1, 0.15) is 48.5 Å². The van der Waals surface area contributed by atoms with Gasteiger partial charge in [0.2, 0.25) is 5.91 Å². The van der Waals surface area contributed by atoms with Gasteiger partial charge in [0, 0.05) is 11.2 Å². The van der Waals surface area contributed by atoms with Gasteiger partial charge >= 0.3 is 6.18 Å². The number of alkyl halides is 3. The van der Waals surface area contributed by atoms with E-state index < -0.39 is 35.1 Å². The Morgan fingerprint density at radius 2 is 1.62 bits per heavy atom. The summed E-state index contributed by atoms with van der Waals surface area (Å²) in [7, 11) is 0. The summed E-state index contributed by atoms with van der Waals surface area (Å²) >= 11 is 0. The molecule has 0 unspecified atom stereocenters. The van der Waals surface area contributed by atoms with E-state index in [1.54, 1.807) is 51.1 Å². The predicted molar refractivity (Wildman–Crippen MR) is 114 cm³/mol. The smallest absolute Gasteiger partial charge is 0.416 e. The molecule has 0 aliphatic rings. The lowest BCUT2D eigenvalue weighted by atomic mass is 10.00. The largest absolute Gasteiger partial charge is 0.459 e. The highest BCUT2D eigenvalue weighted by Crippen LogP contribution is 2.35. The molecule has 0 bridgehead atoms. The van der Waals surface area contributed by atoms with Crippen molar-refractivity contribution in [2.45, 2.75) is 38.5 Å². The minimum atomic E-state index is -4.62. The lowest BCUT2D eigenvalue weighted by Gasteiger charge is -2.33. The Hall–Kier alpha value is -3.55. The topological polar surface area (TPSA) is 62.6 Å². The van der Waals surface area contributed by atoms with Gasteiger partial charge in [0.05, 0.1) is 11.8 Å². The summed E-state index contributed by atoms with van der Waals surface area (Å²) in [6.45, 7) is 5.32. The predicted octanol–water partition coefficient (Wildman–Crippen LogP) is 5.60. The molecule has 3 rings (SSSR count). The molecule has 168 valence electrons. The number of nitrogens with zero attached hydrogens (tertiary/aromatic N) is 1. The molecule has 0 saturated carbocycles. The number of benzene rings is 2. The van der Waals surface area contributed by atoms with Crippen molar-refractivity contribution < 1.29 is 27.2 Å². The second-order valence-corrected chi connectivity index (χ2v) is 8.25.